The quantitative estimate of drug-likeness (QED) is 0.723. The first-order chi connectivity index (χ1) is 8.24. The van der Waals surface area contributed by atoms with Crippen molar-refractivity contribution in [1.29, 1.82) is 0 Å². The average Bonchev–Trinajstić information content (AvgIpc) is 2.32. The molecule has 0 aromatic heterocycles. The van der Waals surface area contributed by atoms with Crippen LogP contribution in [0.3, 0.4) is 0 Å². The van der Waals surface area contributed by atoms with Crippen LogP contribution >= 0.6 is 27.5 Å². The van der Waals surface area contributed by atoms with E-state index in [4.69, 9.17) is 16.3 Å². The van der Waals surface area contributed by atoms with E-state index in [9.17, 15) is 0 Å². The zero-order valence-electron chi connectivity index (χ0n) is 10.1. The average molecular weight is 321 g/mol. The van der Waals surface area contributed by atoms with Crippen molar-refractivity contribution in [3.63, 3.8) is 0 Å². The molecule has 0 bridgehead atoms. The van der Waals surface area contributed by atoms with Gasteiger partial charge in [0.1, 0.15) is 5.75 Å². The van der Waals surface area contributed by atoms with Crippen LogP contribution in [-0.2, 0) is 0 Å². The van der Waals surface area contributed by atoms with Gasteiger partial charge in [0, 0.05) is 4.47 Å². The molecular weight excluding hydrogens is 302 g/mol. The Bertz CT molecular complexity index is 333. The highest BCUT2D eigenvalue weighted by molar-refractivity contribution is 9.10. The summed E-state index contributed by atoms with van der Waals surface area (Å²) < 4.78 is 6.62. The molecule has 0 fully saturated rings. The first-order valence-corrected chi connectivity index (χ1v) is 7.19. The van der Waals surface area contributed by atoms with Crippen molar-refractivity contribution in [3.8, 4) is 5.75 Å². The molecule has 0 radical (unpaired) electrons. The summed E-state index contributed by atoms with van der Waals surface area (Å²) in [4.78, 5) is 0. The maximum absolute atomic E-state index is 6.02. The molecule has 0 atom stereocenters. The summed E-state index contributed by atoms with van der Waals surface area (Å²) in [5, 5.41) is 4.03. The van der Waals surface area contributed by atoms with Crippen molar-refractivity contribution < 1.29 is 4.74 Å². The molecule has 4 heteroatoms. The highest BCUT2D eigenvalue weighted by atomic mass is 79.9. The lowest BCUT2D eigenvalue weighted by Crippen LogP contribution is -2.16. The van der Waals surface area contributed by atoms with Crippen LogP contribution in [0.1, 0.15) is 26.2 Å². The van der Waals surface area contributed by atoms with Crippen molar-refractivity contribution in [3.05, 3.63) is 27.7 Å². The lowest BCUT2D eigenvalue weighted by molar-refractivity contribution is 0.306. The van der Waals surface area contributed by atoms with E-state index in [2.05, 4.69) is 28.2 Å². The van der Waals surface area contributed by atoms with Gasteiger partial charge < -0.3 is 10.1 Å². The van der Waals surface area contributed by atoms with Gasteiger partial charge in [-0.25, -0.2) is 0 Å². The summed E-state index contributed by atoms with van der Waals surface area (Å²) in [5.74, 6) is 0.752. The largest absolute Gasteiger partial charge is 0.492 e. The van der Waals surface area contributed by atoms with Crippen molar-refractivity contribution in [2.45, 2.75) is 26.2 Å². The van der Waals surface area contributed by atoms with Gasteiger partial charge in [-0.3, -0.25) is 0 Å². The number of hydrogen-bond acceptors (Lipinski definition) is 2. The van der Waals surface area contributed by atoms with Crippen molar-refractivity contribution in [2.75, 3.05) is 19.7 Å². The van der Waals surface area contributed by atoms with Gasteiger partial charge in [-0.1, -0.05) is 34.5 Å². The second-order valence-electron chi connectivity index (χ2n) is 3.88. The van der Waals surface area contributed by atoms with E-state index in [-0.39, 0.29) is 0 Å². The van der Waals surface area contributed by atoms with Gasteiger partial charge in [0.2, 0.25) is 0 Å². The molecule has 1 rings (SSSR count). The molecule has 0 saturated carbocycles. The Labute approximate surface area is 117 Å². The van der Waals surface area contributed by atoms with E-state index in [1.54, 1.807) is 0 Å². The molecule has 0 heterocycles. The van der Waals surface area contributed by atoms with Crippen LogP contribution in [0.4, 0.5) is 0 Å². The van der Waals surface area contributed by atoms with E-state index >= 15 is 0 Å². The molecule has 0 aliphatic rings. The molecule has 1 aromatic rings. The molecule has 0 saturated heterocycles. The SMILES string of the molecule is CCCNCCCCOc1cc(Br)ccc1Cl. The molecule has 96 valence electrons. The number of halogens is 2. The molecule has 0 spiro atoms. The minimum absolute atomic E-state index is 0.664. The van der Waals surface area contributed by atoms with Crippen LogP contribution in [0, 0.1) is 0 Å². The van der Waals surface area contributed by atoms with Crippen LogP contribution in [-0.4, -0.2) is 19.7 Å². The summed E-state index contributed by atoms with van der Waals surface area (Å²) in [6.07, 6.45) is 3.36. The third kappa shape index (κ3) is 6.29. The fourth-order valence-electron chi connectivity index (χ4n) is 1.42. The zero-order valence-corrected chi connectivity index (χ0v) is 12.5. The topological polar surface area (TPSA) is 21.3 Å². The van der Waals surface area contributed by atoms with Gasteiger partial charge in [-0.05, 0) is 50.6 Å². The molecule has 0 aliphatic heterocycles. The molecular formula is C13H19BrClNO. The minimum atomic E-state index is 0.664. The van der Waals surface area contributed by atoms with E-state index < -0.39 is 0 Å². The monoisotopic (exact) mass is 319 g/mol. The summed E-state index contributed by atoms with van der Waals surface area (Å²) in [6, 6.07) is 5.64. The van der Waals surface area contributed by atoms with Crippen molar-refractivity contribution in [1.82, 2.24) is 5.32 Å². The Hall–Kier alpha value is -0.250. The molecule has 1 N–H and O–H groups in total. The number of hydrogen-bond donors (Lipinski definition) is 1. The third-order valence-corrected chi connectivity index (χ3v) is 3.13. The molecule has 17 heavy (non-hydrogen) atoms. The fourth-order valence-corrected chi connectivity index (χ4v) is 1.94. The van der Waals surface area contributed by atoms with Gasteiger partial charge in [0.05, 0.1) is 11.6 Å². The van der Waals surface area contributed by atoms with Crippen LogP contribution in [0.2, 0.25) is 5.02 Å². The summed E-state index contributed by atoms with van der Waals surface area (Å²) >= 11 is 9.42. The Morgan fingerprint density at radius 2 is 2.12 bits per heavy atom. The number of ether oxygens (including phenoxy) is 1. The second kappa shape index (κ2) is 8.78. The van der Waals surface area contributed by atoms with Gasteiger partial charge in [0.15, 0.2) is 0 Å². The first kappa shape index (κ1) is 14.8. The predicted octanol–water partition coefficient (Wildman–Crippen LogP) is 4.26. The van der Waals surface area contributed by atoms with Gasteiger partial charge >= 0.3 is 0 Å². The second-order valence-corrected chi connectivity index (χ2v) is 5.20. The lowest BCUT2D eigenvalue weighted by Gasteiger charge is -2.08. The molecule has 0 amide bonds. The lowest BCUT2D eigenvalue weighted by atomic mass is 10.3. The Kier molecular flexibility index (Phi) is 7.65. The fraction of sp³-hybridized carbons (Fsp3) is 0.538. The number of benzene rings is 1. The van der Waals surface area contributed by atoms with Crippen LogP contribution in [0.5, 0.6) is 5.75 Å². The van der Waals surface area contributed by atoms with E-state index in [0.717, 1.165) is 36.2 Å². The van der Waals surface area contributed by atoms with E-state index in [0.29, 0.717) is 11.6 Å². The predicted molar refractivity (Wildman–Crippen MR) is 77.0 cm³/mol. The molecule has 0 aliphatic carbocycles. The summed E-state index contributed by atoms with van der Waals surface area (Å²) in [7, 11) is 0. The summed E-state index contributed by atoms with van der Waals surface area (Å²) in [6.45, 7) is 5.04. The Morgan fingerprint density at radius 1 is 1.29 bits per heavy atom. The van der Waals surface area contributed by atoms with Crippen molar-refractivity contribution in [2.24, 2.45) is 0 Å². The van der Waals surface area contributed by atoms with Gasteiger partial charge in [-0.2, -0.15) is 0 Å². The number of rotatable bonds is 8. The van der Waals surface area contributed by atoms with Crippen molar-refractivity contribution >= 4 is 27.5 Å². The van der Waals surface area contributed by atoms with E-state index in [1.807, 2.05) is 18.2 Å². The highest BCUT2D eigenvalue weighted by Crippen LogP contribution is 2.27. The highest BCUT2D eigenvalue weighted by Gasteiger charge is 2.01. The van der Waals surface area contributed by atoms with Crippen LogP contribution < -0.4 is 10.1 Å². The first-order valence-electron chi connectivity index (χ1n) is 6.02. The Balaban J connectivity index is 2.15. The summed E-state index contributed by atoms with van der Waals surface area (Å²) in [5.41, 5.74) is 0. The van der Waals surface area contributed by atoms with Gasteiger partial charge in [0.25, 0.3) is 0 Å². The minimum Gasteiger partial charge on any atom is -0.492 e. The third-order valence-electron chi connectivity index (χ3n) is 2.33. The van der Waals surface area contributed by atoms with Crippen LogP contribution in [0.25, 0.3) is 0 Å². The smallest absolute Gasteiger partial charge is 0.139 e. The number of unbranched alkanes of at least 4 members (excludes halogenated alkanes) is 1. The Morgan fingerprint density at radius 3 is 2.88 bits per heavy atom. The maximum atomic E-state index is 6.02. The normalized spacial score (nSPS) is 10.5. The molecule has 2 nitrogen and oxygen atoms in total. The maximum Gasteiger partial charge on any atom is 0.139 e. The molecule has 0 unspecified atom stereocenters. The van der Waals surface area contributed by atoms with E-state index in [1.165, 1.54) is 6.42 Å². The number of nitrogens with one attached hydrogen (secondary N) is 1. The van der Waals surface area contributed by atoms with Gasteiger partial charge in [-0.15, -0.1) is 0 Å². The van der Waals surface area contributed by atoms with Crippen LogP contribution in [0.15, 0.2) is 22.7 Å². The zero-order chi connectivity index (χ0) is 12.5. The standard InChI is InChI=1S/C13H19BrClNO/c1-2-7-16-8-3-4-9-17-13-10-11(14)5-6-12(13)15/h5-6,10,16H,2-4,7-9H2,1H3. The molecule has 1 aromatic carbocycles.